The molecular weight excluding hydrogens is 464 g/mol. The van der Waals surface area contributed by atoms with Gasteiger partial charge in [0.25, 0.3) is 0 Å². The van der Waals surface area contributed by atoms with Crippen LogP contribution in [0.2, 0.25) is 0 Å². The van der Waals surface area contributed by atoms with Crippen molar-refractivity contribution in [2.75, 3.05) is 23.7 Å². The molecule has 12 heteroatoms. The molecule has 0 fully saturated rings. The molecule has 0 aliphatic carbocycles. The Labute approximate surface area is 177 Å². The third-order valence-electron chi connectivity index (χ3n) is 3.85. The standard InChI is InChI=1S/C18H16BrF2N7O2/c19-13-9-12(5-6-14(13)21)25-18(26-29)15-17(28-30-27-15)24-8-7-23-16(22)10-1-3-11(20)4-2-10/h1-6,9,29H,7-8H2,(H2,22,23)(H,24,28)(H,25,26). The zero-order valence-corrected chi connectivity index (χ0v) is 16.9. The largest absolute Gasteiger partial charge is 0.409 e. The number of anilines is 2. The Balaban J connectivity index is 1.57. The number of amidine groups is 2. The molecule has 0 saturated carbocycles. The summed E-state index contributed by atoms with van der Waals surface area (Å²) in [4.78, 5) is 0. The van der Waals surface area contributed by atoms with Gasteiger partial charge in [-0.1, -0.05) is 5.16 Å². The summed E-state index contributed by atoms with van der Waals surface area (Å²) in [5, 5.41) is 36.5. The second-order valence-corrected chi connectivity index (χ2v) is 6.75. The molecule has 0 saturated heterocycles. The van der Waals surface area contributed by atoms with Crippen molar-refractivity contribution in [2.24, 2.45) is 5.16 Å². The van der Waals surface area contributed by atoms with Crippen molar-refractivity contribution >= 4 is 39.1 Å². The van der Waals surface area contributed by atoms with Crippen LogP contribution in [0.4, 0.5) is 20.3 Å². The van der Waals surface area contributed by atoms with Crippen molar-refractivity contribution in [3.8, 4) is 0 Å². The van der Waals surface area contributed by atoms with Gasteiger partial charge in [0, 0.05) is 24.3 Å². The van der Waals surface area contributed by atoms with E-state index >= 15 is 0 Å². The molecule has 0 radical (unpaired) electrons. The number of nitrogens with one attached hydrogen (secondary N) is 4. The SMILES string of the molecule is N=C(NCCNc1nonc1/C(=N/O)Nc1ccc(F)c(Br)c1)c1ccc(F)cc1. The second kappa shape index (κ2) is 9.78. The minimum Gasteiger partial charge on any atom is -0.409 e. The van der Waals surface area contributed by atoms with Crippen LogP contribution in [0.3, 0.4) is 0 Å². The van der Waals surface area contributed by atoms with Gasteiger partial charge in [-0.25, -0.2) is 13.4 Å². The molecule has 3 rings (SSSR count). The van der Waals surface area contributed by atoms with Gasteiger partial charge in [0.1, 0.15) is 17.5 Å². The lowest BCUT2D eigenvalue weighted by atomic mass is 10.2. The first-order chi connectivity index (χ1) is 14.5. The predicted octanol–water partition coefficient (Wildman–Crippen LogP) is 3.39. The van der Waals surface area contributed by atoms with Crippen LogP contribution in [-0.2, 0) is 0 Å². The van der Waals surface area contributed by atoms with Crippen molar-refractivity contribution < 1.29 is 18.6 Å². The fraction of sp³-hybridized carbons (Fsp3) is 0.111. The van der Waals surface area contributed by atoms with Gasteiger partial charge in [-0.2, -0.15) is 0 Å². The first kappa shape index (κ1) is 21.2. The fourth-order valence-corrected chi connectivity index (χ4v) is 2.77. The number of oxime groups is 1. The highest BCUT2D eigenvalue weighted by Gasteiger charge is 2.18. The number of halogens is 3. The van der Waals surface area contributed by atoms with E-state index in [1.165, 1.54) is 42.5 Å². The Morgan fingerprint density at radius 3 is 2.60 bits per heavy atom. The van der Waals surface area contributed by atoms with Crippen LogP contribution in [0, 0.1) is 17.0 Å². The van der Waals surface area contributed by atoms with Gasteiger partial charge in [-0.05, 0) is 68.7 Å². The average molecular weight is 480 g/mol. The van der Waals surface area contributed by atoms with Gasteiger partial charge in [-0.15, -0.1) is 0 Å². The zero-order valence-electron chi connectivity index (χ0n) is 15.3. The third kappa shape index (κ3) is 5.29. The Morgan fingerprint density at radius 1 is 1.13 bits per heavy atom. The van der Waals surface area contributed by atoms with Crippen LogP contribution in [0.5, 0.6) is 0 Å². The van der Waals surface area contributed by atoms with Gasteiger partial charge in [-0.3, -0.25) is 5.41 Å². The number of rotatable bonds is 7. The summed E-state index contributed by atoms with van der Waals surface area (Å²) in [6.07, 6.45) is 0. The minimum atomic E-state index is -0.438. The average Bonchev–Trinajstić information content (AvgIpc) is 3.20. The number of benzene rings is 2. The molecule has 3 aromatic rings. The number of hydrogen-bond acceptors (Lipinski definition) is 7. The molecule has 156 valence electrons. The van der Waals surface area contributed by atoms with Crippen LogP contribution in [-0.4, -0.2) is 40.3 Å². The van der Waals surface area contributed by atoms with Crippen molar-refractivity contribution in [2.45, 2.75) is 0 Å². The molecule has 0 aliphatic heterocycles. The van der Waals surface area contributed by atoms with E-state index in [0.717, 1.165) is 0 Å². The molecule has 0 bridgehead atoms. The maximum absolute atomic E-state index is 13.4. The van der Waals surface area contributed by atoms with Gasteiger partial charge in [0.2, 0.25) is 11.7 Å². The Morgan fingerprint density at radius 2 is 1.90 bits per heavy atom. The van der Waals surface area contributed by atoms with E-state index in [2.05, 4.69) is 47.3 Å². The number of nitrogens with zero attached hydrogens (tertiary/aromatic N) is 3. The van der Waals surface area contributed by atoms with Crippen LogP contribution in [0.25, 0.3) is 0 Å². The number of hydrogen-bond donors (Lipinski definition) is 5. The summed E-state index contributed by atoms with van der Waals surface area (Å²) < 4.78 is 31.3. The monoisotopic (exact) mass is 479 g/mol. The van der Waals surface area contributed by atoms with E-state index in [1.807, 2.05) is 0 Å². The Hall–Kier alpha value is -3.54. The van der Waals surface area contributed by atoms with Gasteiger partial charge >= 0.3 is 0 Å². The maximum Gasteiger partial charge on any atom is 0.203 e. The topological polar surface area (TPSA) is 131 Å². The summed E-state index contributed by atoms with van der Waals surface area (Å²) in [6.45, 7) is 0.665. The highest BCUT2D eigenvalue weighted by atomic mass is 79.9. The van der Waals surface area contributed by atoms with Crippen molar-refractivity contribution in [1.29, 1.82) is 5.41 Å². The minimum absolute atomic E-state index is 0.0655. The van der Waals surface area contributed by atoms with E-state index in [4.69, 9.17) is 10.0 Å². The molecule has 0 atom stereocenters. The van der Waals surface area contributed by atoms with E-state index < -0.39 is 5.82 Å². The molecule has 9 nitrogen and oxygen atoms in total. The van der Waals surface area contributed by atoms with E-state index in [0.29, 0.717) is 24.3 Å². The lowest BCUT2D eigenvalue weighted by Gasteiger charge is -2.10. The van der Waals surface area contributed by atoms with Crippen LogP contribution < -0.4 is 16.0 Å². The van der Waals surface area contributed by atoms with E-state index in [9.17, 15) is 14.0 Å². The molecular formula is C18H16BrF2N7O2. The molecule has 2 aromatic carbocycles. The van der Waals surface area contributed by atoms with Crippen molar-refractivity contribution in [3.05, 3.63) is 69.8 Å². The lowest BCUT2D eigenvalue weighted by molar-refractivity contribution is 0.305. The third-order valence-corrected chi connectivity index (χ3v) is 4.45. The Bertz CT molecular complexity index is 1060. The molecule has 0 unspecified atom stereocenters. The van der Waals surface area contributed by atoms with Crippen molar-refractivity contribution in [1.82, 2.24) is 15.6 Å². The molecule has 0 spiro atoms. The van der Waals surface area contributed by atoms with Crippen LogP contribution >= 0.6 is 15.9 Å². The highest BCUT2D eigenvalue weighted by molar-refractivity contribution is 9.10. The fourth-order valence-electron chi connectivity index (χ4n) is 2.39. The van der Waals surface area contributed by atoms with Gasteiger partial charge < -0.3 is 21.2 Å². The first-order valence-corrected chi connectivity index (χ1v) is 9.36. The van der Waals surface area contributed by atoms with E-state index in [1.54, 1.807) is 0 Å². The lowest BCUT2D eigenvalue weighted by Crippen LogP contribution is -2.29. The normalized spacial score (nSPS) is 11.2. The molecule has 0 amide bonds. The summed E-state index contributed by atoms with van der Waals surface area (Å²) in [6, 6.07) is 9.72. The van der Waals surface area contributed by atoms with Gasteiger partial charge in [0.05, 0.1) is 4.47 Å². The van der Waals surface area contributed by atoms with Gasteiger partial charge in [0.15, 0.2) is 5.69 Å². The molecule has 0 aliphatic rings. The zero-order chi connectivity index (χ0) is 21.5. The first-order valence-electron chi connectivity index (χ1n) is 8.57. The predicted molar refractivity (Wildman–Crippen MR) is 110 cm³/mol. The Kier molecular flexibility index (Phi) is 6.91. The quantitative estimate of drug-likeness (QED) is 0.115. The summed E-state index contributed by atoms with van der Waals surface area (Å²) in [7, 11) is 0. The van der Waals surface area contributed by atoms with Crippen molar-refractivity contribution in [3.63, 3.8) is 0 Å². The molecule has 5 N–H and O–H groups in total. The smallest absolute Gasteiger partial charge is 0.203 e. The summed E-state index contributed by atoms with van der Waals surface area (Å²) >= 11 is 3.08. The van der Waals surface area contributed by atoms with E-state index in [-0.39, 0.29) is 33.5 Å². The molecule has 1 aromatic heterocycles. The summed E-state index contributed by atoms with van der Waals surface area (Å²) in [5.74, 6) is -0.540. The molecule has 30 heavy (non-hydrogen) atoms. The maximum atomic E-state index is 13.4. The van der Waals surface area contributed by atoms with Crippen LogP contribution in [0.1, 0.15) is 11.3 Å². The molecule has 1 heterocycles. The second-order valence-electron chi connectivity index (χ2n) is 5.90. The summed E-state index contributed by atoms with van der Waals surface area (Å²) in [5.41, 5.74) is 1.09. The highest BCUT2D eigenvalue weighted by Crippen LogP contribution is 2.21. The van der Waals surface area contributed by atoms with Crippen LogP contribution in [0.15, 0.2) is 56.7 Å². The number of aromatic nitrogens is 2.